The Kier molecular flexibility index (Phi) is 2.83. The van der Waals surface area contributed by atoms with Gasteiger partial charge in [-0.05, 0) is 42.5 Å². The summed E-state index contributed by atoms with van der Waals surface area (Å²) in [5.41, 5.74) is 0.393. The van der Waals surface area contributed by atoms with Gasteiger partial charge in [0.25, 0.3) is 0 Å². The summed E-state index contributed by atoms with van der Waals surface area (Å²) in [5, 5.41) is 0.593. The van der Waals surface area contributed by atoms with Gasteiger partial charge < -0.3 is 4.74 Å². The number of hydrogen-bond acceptors (Lipinski definition) is 3. The minimum Gasteiger partial charge on any atom is -0.486 e. The molecular weight excluding hydrogens is 256 g/mol. The van der Waals surface area contributed by atoms with Gasteiger partial charge in [-0.2, -0.15) is 11.8 Å². The van der Waals surface area contributed by atoms with E-state index in [1.807, 2.05) is 17.8 Å². The largest absolute Gasteiger partial charge is 0.486 e. The van der Waals surface area contributed by atoms with Crippen molar-refractivity contribution in [1.82, 2.24) is 0 Å². The summed E-state index contributed by atoms with van der Waals surface area (Å²) in [6, 6.07) is 5.31. The molecule has 0 aromatic heterocycles. The van der Waals surface area contributed by atoms with E-state index in [4.69, 9.17) is 16.3 Å². The van der Waals surface area contributed by atoms with Gasteiger partial charge in [-0.3, -0.25) is 4.79 Å². The zero-order valence-corrected chi connectivity index (χ0v) is 10.9. The van der Waals surface area contributed by atoms with Crippen LogP contribution in [0.4, 0.5) is 0 Å². The fourth-order valence-corrected chi connectivity index (χ4v) is 3.90. The lowest BCUT2D eigenvalue weighted by molar-refractivity contribution is 0.0348. The molecule has 1 aromatic rings. The predicted octanol–water partition coefficient (Wildman–Crippen LogP) is 3.57. The highest BCUT2D eigenvalue weighted by Crippen LogP contribution is 2.41. The van der Waals surface area contributed by atoms with Gasteiger partial charge in [0.15, 0.2) is 5.78 Å². The Bertz CT molecular complexity index is 466. The summed E-state index contributed by atoms with van der Waals surface area (Å²) >= 11 is 7.84. The van der Waals surface area contributed by atoms with Crippen LogP contribution in [0.5, 0.6) is 5.75 Å². The quantitative estimate of drug-likeness (QED) is 0.720. The monoisotopic (exact) mass is 268 g/mol. The standard InChI is InChI=1S/C13H13ClO2S/c14-9-1-2-12-10(7-9)11(15)8-13(16-12)3-5-17-6-4-13/h1-2,7H,3-6,8H2. The minimum absolute atomic E-state index is 0.167. The first-order valence-electron chi connectivity index (χ1n) is 5.78. The molecule has 2 aliphatic rings. The summed E-state index contributed by atoms with van der Waals surface area (Å²) < 4.78 is 6.09. The molecule has 2 nitrogen and oxygen atoms in total. The van der Waals surface area contributed by atoms with Gasteiger partial charge in [0.2, 0.25) is 0 Å². The normalized spacial score (nSPS) is 22.1. The number of carbonyl (C=O) groups is 1. The fourth-order valence-electron chi connectivity index (χ4n) is 2.49. The molecule has 0 amide bonds. The van der Waals surface area contributed by atoms with E-state index in [1.54, 1.807) is 12.1 Å². The summed E-state index contributed by atoms with van der Waals surface area (Å²) in [7, 11) is 0. The molecule has 90 valence electrons. The first-order valence-corrected chi connectivity index (χ1v) is 7.31. The second-order valence-electron chi connectivity index (χ2n) is 4.64. The molecular formula is C13H13ClO2S. The Hall–Kier alpha value is -0.670. The highest BCUT2D eigenvalue weighted by molar-refractivity contribution is 7.99. The van der Waals surface area contributed by atoms with Gasteiger partial charge >= 0.3 is 0 Å². The van der Waals surface area contributed by atoms with Crippen molar-refractivity contribution in [2.45, 2.75) is 24.9 Å². The maximum Gasteiger partial charge on any atom is 0.170 e. The predicted molar refractivity (Wildman–Crippen MR) is 70.3 cm³/mol. The molecule has 0 aliphatic carbocycles. The van der Waals surface area contributed by atoms with Gasteiger partial charge in [0.1, 0.15) is 11.4 Å². The Balaban J connectivity index is 1.97. The molecule has 1 aromatic carbocycles. The van der Waals surface area contributed by atoms with Crippen LogP contribution in [0.1, 0.15) is 29.6 Å². The third kappa shape index (κ3) is 2.06. The van der Waals surface area contributed by atoms with Crippen LogP contribution in [0.15, 0.2) is 18.2 Å². The Morgan fingerprint density at radius 1 is 1.29 bits per heavy atom. The van der Waals surface area contributed by atoms with Crippen LogP contribution >= 0.6 is 23.4 Å². The van der Waals surface area contributed by atoms with Crippen molar-refractivity contribution in [3.05, 3.63) is 28.8 Å². The van der Waals surface area contributed by atoms with E-state index in [1.165, 1.54) is 0 Å². The van der Waals surface area contributed by atoms with Crippen LogP contribution in [0, 0.1) is 0 Å². The fraction of sp³-hybridized carbons (Fsp3) is 0.462. The number of rotatable bonds is 0. The first-order chi connectivity index (χ1) is 8.19. The zero-order chi connectivity index (χ0) is 11.9. The molecule has 3 rings (SSSR count). The highest BCUT2D eigenvalue weighted by Gasteiger charge is 2.41. The summed E-state index contributed by atoms with van der Waals surface area (Å²) in [6.45, 7) is 0. The molecule has 0 saturated carbocycles. The van der Waals surface area contributed by atoms with Gasteiger partial charge in [0.05, 0.1) is 12.0 Å². The highest BCUT2D eigenvalue weighted by atomic mass is 35.5. The summed E-state index contributed by atoms with van der Waals surface area (Å²) in [4.78, 5) is 12.2. The zero-order valence-electron chi connectivity index (χ0n) is 9.37. The molecule has 4 heteroatoms. The van der Waals surface area contributed by atoms with E-state index in [0.717, 1.165) is 24.3 Å². The van der Waals surface area contributed by atoms with Gasteiger partial charge in [-0.25, -0.2) is 0 Å². The Morgan fingerprint density at radius 3 is 2.82 bits per heavy atom. The van der Waals surface area contributed by atoms with Crippen LogP contribution < -0.4 is 4.74 Å². The first kappa shape index (κ1) is 11.4. The average Bonchev–Trinajstić information content (AvgIpc) is 2.31. The van der Waals surface area contributed by atoms with Gasteiger partial charge in [-0.1, -0.05) is 11.6 Å². The molecule has 0 N–H and O–H groups in total. The Morgan fingerprint density at radius 2 is 2.06 bits per heavy atom. The SMILES string of the molecule is O=C1CC2(CCSCC2)Oc2ccc(Cl)cc21. The second-order valence-corrected chi connectivity index (χ2v) is 6.30. The van der Waals surface area contributed by atoms with Crippen LogP contribution in [-0.4, -0.2) is 22.9 Å². The van der Waals surface area contributed by atoms with E-state index in [0.29, 0.717) is 22.8 Å². The van der Waals surface area contributed by atoms with Crippen LogP contribution in [0.2, 0.25) is 5.02 Å². The topological polar surface area (TPSA) is 26.3 Å². The number of halogens is 1. The number of benzene rings is 1. The molecule has 0 radical (unpaired) electrons. The molecule has 0 unspecified atom stereocenters. The number of ketones is 1. The van der Waals surface area contributed by atoms with E-state index < -0.39 is 0 Å². The van der Waals surface area contributed by atoms with Crippen LogP contribution in [0.3, 0.4) is 0 Å². The van der Waals surface area contributed by atoms with Gasteiger partial charge in [-0.15, -0.1) is 0 Å². The number of carbonyl (C=O) groups excluding carboxylic acids is 1. The van der Waals surface area contributed by atoms with Crippen molar-refractivity contribution in [1.29, 1.82) is 0 Å². The smallest absolute Gasteiger partial charge is 0.170 e. The van der Waals surface area contributed by atoms with Gasteiger partial charge in [0, 0.05) is 5.02 Å². The summed E-state index contributed by atoms with van der Waals surface area (Å²) in [6.07, 6.45) is 2.43. The maximum absolute atomic E-state index is 12.2. The lowest BCUT2D eigenvalue weighted by Gasteiger charge is -2.40. The molecule has 0 atom stereocenters. The number of thioether (sulfide) groups is 1. The molecule has 1 saturated heterocycles. The van der Waals surface area contributed by atoms with Crippen molar-refractivity contribution < 1.29 is 9.53 Å². The van der Waals surface area contributed by atoms with E-state index in [-0.39, 0.29) is 11.4 Å². The molecule has 2 heterocycles. The molecule has 0 bridgehead atoms. The van der Waals surface area contributed by atoms with Crippen molar-refractivity contribution >= 4 is 29.1 Å². The Labute approximate surface area is 110 Å². The lowest BCUT2D eigenvalue weighted by Crippen LogP contribution is -2.44. The second kappa shape index (κ2) is 4.21. The van der Waals surface area contributed by atoms with E-state index in [2.05, 4.69) is 0 Å². The average molecular weight is 269 g/mol. The van der Waals surface area contributed by atoms with Crippen molar-refractivity contribution in [2.24, 2.45) is 0 Å². The van der Waals surface area contributed by atoms with Crippen LogP contribution in [-0.2, 0) is 0 Å². The molecule has 2 aliphatic heterocycles. The lowest BCUT2D eigenvalue weighted by atomic mass is 9.85. The van der Waals surface area contributed by atoms with E-state index >= 15 is 0 Å². The molecule has 1 fully saturated rings. The summed E-state index contributed by atoms with van der Waals surface area (Å²) in [5.74, 6) is 3.03. The van der Waals surface area contributed by atoms with Crippen molar-refractivity contribution in [2.75, 3.05) is 11.5 Å². The third-order valence-electron chi connectivity index (χ3n) is 3.46. The maximum atomic E-state index is 12.2. The number of hydrogen-bond donors (Lipinski definition) is 0. The minimum atomic E-state index is -0.247. The van der Waals surface area contributed by atoms with Crippen molar-refractivity contribution in [3.63, 3.8) is 0 Å². The van der Waals surface area contributed by atoms with E-state index in [9.17, 15) is 4.79 Å². The van der Waals surface area contributed by atoms with Crippen molar-refractivity contribution in [3.8, 4) is 5.75 Å². The number of fused-ring (bicyclic) bond motifs is 1. The molecule has 1 spiro atoms. The number of Topliss-reactive ketones (excluding diaryl/α,β-unsaturated/α-hetero) is 1. The number of ether oxygens (including phenoxy) is 1. The van der Waals surface area contributed by atoms with Crippen LogP contribution in [0.25, 0.3) is 0 Å². The molecule has 17 heavy (non-hydrogen) atoms. The third-order valence-corrected chi connectivity index (χ3v) is 4.68.